The zero-order valence-electron chi connectivity index (χ0n) is 10.9. The molecule has 3 nitrogen and oxygen atoms in total. The average Bonchev–Trinajstić information content (AvgIpc) is 2.29. The van der Waals surface area contributed by atoms with Gasteiger partial charge in [0.05, 0.1) is 6.10 Å². The Morgan fingerprint density at radius 3 is 1.94 bits per heavy atom. The number of nitrogens with zero attached hydrogens (tertiary/aromatic N) is 2. The van der Waals surface area contributed by atoms with Gasteiger partial charge >= 0.3 is 0 Å². The lowest BCUT2D eigenvalue weighted by Gasteiger charge is -2.46. The van der Waals surface area contributed by atoms with Crippen molar-refractivity contribution < 1.29 is 5.11 Å². The molecule has 2 saturated carbocycles. The van der Waals surface area contributed by atoms with Crippen molar-refractivity contribution in [2.24, 2.45) is 0 Å². The van der Waals surface area contributed by atoms with Crippen molar-refractivity contribution in [1.29, 1.82) is 0 Å². The molecule has 0 unspecified atom stereocenters. The summed E-state index contributed by atoms with van der Waals surface area (Å²) in [7, 11) is 0. The molecule has 0 aromatic carbocycles. The fourth-order valence-electron chi connectivity index (χ4n) is 3.70. The Labute approximate surface area is 105 Å². The molecule has 98 valence electrons. The van der Waals surface area contributed by atoms with Crippen molar-refractivity contribution in [1.82, 2.24) is 9.80 Å². The monoisotopic (exact) mass is 238 g/mol. The molecule has 3 aliphatic rings. The van der Waals surface area contributed by atoms with E-state index in [0.29, 0.717) is 6.04 Å². The van der Waals surface area contributed by atoms with E-state index in [9.17, 15) is 5.11 Å². The zero-order chi connectivity index (χ0) is 11.7. The molecule has 0 aromatic rings. The highest BCUT2D eigenvalue weighted by Crippen LogP contribution is 2.28. The molecular weight excluding hydrogens is 212 g/mol. The Hall–Kier alpha value is -0.120. The second-order valence-corrected chi connectivity index (χ2v) is 6.08. The maximum Gasteiger partial charge on any atom is 0.0695 e. The molecule has 1 N–H and O–H groups in total. The fraction of sp³-hybridized carbons (Fsp3) is 1.00. The molecule has 0 bridgehead atoms. The third kappa shape index (κ3) is 2.51. The van der Waals surface area contributed by atoms with E-state index in [1.54, 1.807) is 0 Å². The van der Waals surface area contributed by atoms with Crippen LogP contribution in [0, 0.1) is 0 Å². The van der Waals surface area contributed by atoms with Crippen LogP contribution in [0.15, 0.2) is 0 Å². The van der Waals surface area contributed by atoms with E-state index in [0.717, 1.165) is 12.5 Å². The van der Waals surface area contributed by atoms with Crippen LogP contribution < -0.4 is 0 Å². The van der Waals surface area contributed by atoms with Crippen LogP contribution in [0.2, 0.25) is 0 Å². The molecule has 1 aliphatic heterocycles. The maximum atomic E-state index is 10.1. The van der Waals surface area contributed by atoms with Gasteiger partial charge in [0.25, 0.3) is 0 Å². The van der Waals surface area contributed by atoms with E-state index in [2.05, 4.69) is 9.80 Å². The Balaban J connectivity index is 1.49. The summed E-state index contributed by atoms with van der Waals surface area (Å²) in [5.41, 5.74) is 0. The second kappa shape index (κ2) is 5.25. The van der Waals surface area contributed by atoms with Crippen molar-refractivity contribution in [2.45, 2.75) is 63.1 Å². The van der Waals surface area contributed by atoms with E-state index in [-0.39, 0.29) is 6.10 Å². The van der Waals surface area contributed by atoms with Crippen LogP contribution in [0.3, 0.4) is 0 Å². The molecule has 0 amide bonds. The molecule has 17 heavy (non-hydrogen) atoms. The summed E-state index contributed by atoms with van der Waals surface area (Å²) < 4.78 is 0. The van der Waals surface area contributed by atoms with E-state index in [1.807, 2.05) is 0 Å². The van der Waals surface area contributed by atoms with Crippen molar-refractivity contribution in [2.75, 3.05) is 26.2 Å². The van der Waals surface area contributed by atoms with Gasteiger partial charge in [0.15, 0.2) is 0 Å². The van der Waals surface area contributed by atoms with Crippen molar-refractivity contribution >= 4 is 0 Å². The van der Waals surface area contributed by atoms with E-state index < -0.39 is 0 Å². The van der Waals surface area contributed by atoms with Gasteiger partial charge in [-0.3, -0.25) is 9.80 Å². The van der Waals surface area contributed by atoms with E-state index in [4.69, 9.17) is 0 Å². The number of hydrogen-bond acceptors (Lipinski definition) is 3. The molecule has 3 heteroatoms. The highest BCUT2D eigenvalue weighted by molar-refractivity contribution is 4.89. The summed E-state index contributed by atoms with van der Waals surface area (Å²) in [6.45, 7) is 4.82. The molecule has 2 atom stereocenters. The largest absolute Gasteiger partial charge is 0.391 e. The molecule has 3 rings (SSSR count). The van der Waals surface area contributed by atoms with Crippen LogP contribution in [0.25, 0.3) is 0 Å². The van der Waals surface area contributed by atoms with Crippen LogP contribution in [0.1, 0.15) is 44.9 Å². The molecule has 2 aliphatic carbocycles. The number of rotatable bonds is 2. The first-order chi connectivity index (χ1) is 8.34. The quantitative estimate of drug-likeness (QED) is 0.789. The lowest BCUT2D eigenvalue weighted by atomic mass is 9.89. The van der Waals surface area contributed by atoms with Gasteiger partial charge in [-0.1, -0.05) is 19.3 Å². The number of piperazine rings is 1. The molecule has 0 aromatic heterocycles. The topological polar surface area (TPSA) is 26.7 Å². The number of hydrogen-bond donors (Lipinski definition) is 1. The summed E-state index contributed by atoms with van der Waals surface area (Å²) in [6, 6.07) is 1.36. The Bertz CT molecular complexity index is 247. The minimum absolute atomic E-state index is 0.0565. The van der Waals surface area contributed by atoms with Crippen molar-refractivity contribution in [3.8, 4) is 0 Å². The Kier molecular flexibility index (Phi) is 3.69. The summed E-state index contributed by atoms with van der Waals surface area (Å²) in [6.07, 6.45) is 8.99. The van der Waals surface area contributed by atoms with Gasteiger partial charge in [0.1, 0.15) is 0 Å². The van der Waals surface area contributed by atoms with Crippen LogP contribution in [0.4, 0.5) is 0 Å². The Morgan fingerprint density at radius 2 is 1.35 bits per heavy atom. The minimum Gasteiger partial charge on any atom is -0.391 e. The smallest absolute Gasteiger partial charge is 0.0695 e. The maximum absolute atomic E-state index is 10.1. The van der Waals surface area contributed by atoms with Gasteiger partial charge in [0, 0.05) is 38.3 Å². The van der Waals surface area contributed by atoms with Gasteiger partial charge in [-0.25, -0.2) is 0 Å². The predicted octanol–water partition coefficient (Wildman–Crippen LogP) is 1.46. The zero-order valence-corrected chi connectivity index (χ0v) is 10.9. The molecule has 3 fully saturated rings. The van der Waals surface area contributed by atoms with Crippen LogP contribution in [-0.4, -0.2) is 59.3 Å². The van der Waals surface area contributed by atoms with Gasteiger partial charge in [-0.15, -0.1) is 0 Å². The number of aliphatic hydroxyl groups is 1. The van der Waals surface area contributed by atoms with E-state index >= 15 is 0 Å². The predicted molar refractivity (Wildman–Crippen MR) is 69.0 cm³/mol. The standard InChI is InChI=1S/C14H26N2O/c17-14-7-2-1-6-13(14)16-10-8-15(9-11-16)12-4-3-5-12/h12-14,17H,1-11H2/t13-,14-/m1/s1. The molecular formula is C14H26N2O. The van der Waals surface area contributed by atoms with Crippen molar-refractivity contribution in [3.05, 3.63) is 0 Å². The fourth-order valence-corrected chi connectivity index (χ4v) is 3.70. The third-order valence-electron chi connectivity index (χ3n) is 5.10. The minimum atomic E-state index is -0.0565. The Morgan fingerprint density at radius 1 is 0.706 bits per heavy atom. The molecule has 0 radical (unpaired) electrons. The van der Waals surface area contributed by atoms with Gasteiger partial charge < -0.3 is 5.11 Å². The van der Waals surface area contributed by atoms with Gasteiger partial charge in [0.2, 0.25) is 0 Å². The lowest BCUT2D eigenvalue weighted by Crippen LogP contribution is -2.57. The summed E-state index contributed by atoms with van der Waals surface area (Å²) >= 11 is 0. The summed E-state index contributed by atoms with van der Waals surface area (Å²) in [5.74, 6) is 0. The van der Waals surface area contributed by atoms with Crippen molar-refractivity contribution in [3.63, 3.8) is 0 Å². The molecule has 1 saturated heterocycles. The summed E-state index contributed by atoms with van der Waals surface area (Å²) in [5, 5.41) is 10.1. The average molecular weight is 238 g/mol. The van der Waals surface area contributed by atoms with Crippen LogP contribution in [0.5, 0.6) is 0 Å². The van der Waals surface area contributed by atoms with E-state index in [1.165, 1.54) is 64.7 Å². The van der Waals surface area contributed by atoms with Crippen LogP contribution in [-0.2, 0) is 0 Å². The second-order valence-electron chi connectivity index (χ2n) is 6.08. The highest BCUT2D eigenvalue weighted by atomic mass is 16.3. The molecule has 0 spiro atoms. The van der Waals surface area contributed by atoms with Crippen LogP contribution >= 0.6 is 0 Å². The first-order valence-corrected chi connectivity index (χ1v) is 7.51. The van der Waals surface area contributed by atoms with Gasteiger partial charge in [-0.2, -0.15) is 0 Å². The lowest BCUT2D eigenvalue weighted by molar-refractivity contribution is -0.0179. The normalized spacial score (nSPS) is 37.9. The molecule has 1 heterocycles. The first kappa shape index (κ1) is 11.9. The SMILES string of the molecule is O[C@@H]1CCCC[C@H]1N1CCN(C2CCC2)CC1. The van der Waals surface area contributed by atoms with Gasteiger partial charge in [-0.05, 0) is 25.7 Å². The highest BCUT2D eigenvalue weighted by Gasteiger charge is 2.33. The number of aliphatic hydroxyl groups excluding tert-OH is 1. The first-order valence-electron chi connectivity index (χ1n) is 7.51. The summed E-state index contributed by atoms with van der Waals surface area (Å²) in [4.78, 5) is 5.23. The third-order valence-corrected chi connectivity index (χ3v) is 5.10.